The Balaban J connectivity index is 1.87. The molecule has 0 aromatic heterocycles. The monoisotopic (exact) mass is 383 g/mol. The molecule has 0 aliphatic carbocycles. The molecule has 8 nitrogen and oxygen atoms in total. The van der Waals surface area contributed by atoms with Crippen molar-refractivity contribution in [1.82, 2.24) is 5.32 Å². The molecule has 0 saturated carbocycles. The first kappa shape index (κ1) is 20.6. The highest BCUT2D eigenvalue weighted by atomic mass is 16.5. The zero-order valence-corrected chi connectivity index (χ0v) is 15.4. The second kappa shape index (κ2) is 9.86. The summed E-state index contributed by atoms with van der Waals surface area (Å²) in [4.78, 5) is 46.2. The zero-order valence-electron chi connectivity index (χ0n) is 15.4. The van der Waals surface area contributed by atoms with E-state index in [4.69, 9.17) is 10.5 Å². The van der Waals surface area contributed by atoms with Gasteiger partial charge in [-0.2, -0.15) is 0 Å². The Morgan fingerprint density at radius 1 is 0.929 bits per heavy atom. The van der Waals surface area contributed by atoms with Crippen LogP contribution in [0.5, 0.6) is 0 Å². The second-order valence-corrected chi connectivity index (χ2v) is 5.89. The third-order valence-electron chi connectivity index (χ3n) is 3.80. The molecule has 0 heterocycles. The molecule has 0 saturated heterocycles. The van der Waals surface area contributed by atoms with Crippen molar-refractivity contribution in [2.45, 2.75) is 19.9 Å². The first-order valence-electron chi connectivity index (χ1n) is 8.61. The number of hydrogen-bond donors (Lipinski definition) is 3. The number of esters is 1. The Morgan fingerprint density at radius 2 is 1.54 bits per heavy atom. The number of carbonyl (C=O) groups excluding carboxylic acids is 4. The summed E-state index contributed by atoms with van der Waals surface area (Å²) in [6.45, 7) is 1.59. The van der Waals surface area contributed by atoms with Crippen LogP contribution in [0.2, 0.25) is 0 Å². The molecular weight excluding hydrogens is 362 g/mol. The number of primary amides is 1. The van der Waals surface area contributed by atoms with E-state index in [1.165, 1.54) is 12.1 Å². The maximum Gasteiger partial charge on any atom is 0.338 e. The molecule has 146 valence electrons. The molecule has 0 fully saturated rings. The fourth-order valence-corrected chi connectivity index (χ4v) is 2.23. The lowest BCUT2D eigenvalue weighted by molar-refractivity contribution is -0.115. The number of Topliss-reactive ketones (excluding diaryl/α,β-unsaturated/α-hetero) is 1. The van der Waals surface area contributed by atoms with Gasteiger partial charge in [-0.15, -0.1) is 0 Å². The molecule has 0 aliphatic heterocycles. The summed E-state index contributed by atoms with van der Waals surface area (Å²) in [5.41, 5.74) is 7.01. The molecule has 2 rings (SSSR count). The van der Waals surface area contributed by atoms with Crippen LogP contribution in [0.15, 0.2) is 48.5 Å². The van der Waals surface area contributed by atoms with Crippen LogP contribution in [-0.2, 0) is 16.1 Å². The molecule has 0 radical (unpaired) electrons. The molecule has 2 aromatic rings. The number of hydrogen-bond acceptors (Lipinski definition) is 5. The average Bonchev–Trinajstić information content (AvgIpc) is 2.71. The largest absolute Gasteiger partial charge is 0.454 e. The van der Waals surface area contributed by atoms with Crippen molar-refractivity contribution in [1.29, 1.82) is 0 Å². The van der Waals surface area contributed by atoms with Crippen molar-refractivity contribution in [3.63, 3.8) is 0 Å². The van der Waals surface area contributed by atoms with Crippen LogP contribution >= 0.6 is 0 Å². The van der Waals surface area contributed by atoms with Gasteiger partial charge in [0.15, 0.2) is 12.4 Å². The highest BCUT2D eigenvalue weighted by Crippen LogP contribution is 2.11. The lowest BCUT2D eigenvalue weighted by Gasteiger charge is -2.07. The minimum absolute atomic E-state index is 0.121. The van der Waals surface area contributed by atoms with Crippen molar-refractivity contribution in [3.8, 4) is 0 Å². The number of anilines is 1. The van der Waals surface area contributed by atoms with E-state index >= 15 is 0 Å². The number of benzene rings is 2. The predicted octanol–water partition coefficient (Wildman–Crippen LogP) is 2.24. The quantitative estimate of drug-likeness (QED) is 0.476. The predicted molar refractivity (Wildman–Crippen MR) is 103 cm³/mol. The van der Waals surface area contributed by atoms with Gasteiger partial charge in [-0.25, -0.2) is 9.59 Å². The molecule has 0 atom stereocenters. The van der Waals surface area contributed by atoms with Crippen molar-refractivity contribution in [2.24, 2.45) is 5.73 Å². The topological polar surface area (TPSA) is 128 Å². The fourth-order valence-electron chi connectivity index (χ4n) is 2.23. The van der Waals surface area contributed by atoms with Gasteiger partial charge in [-0.05, 0) is 42.0 Å². The number of carbonyl (C=O) groups is 4. The molecular formula is C20H21N3O5. The molecule has 0 spiro atoms. The normalized spacial score (nSPS) is 10.0. The average molecular weight is 383 g/mol. The van der Waals surface area contributed by atoms with Gasteiger partial charge in [-0.3, -0.25) is 9.59 Å². The summed E-state index contributed by atoms with van der Waals surface area (Å²) in [7, 11) is 0. The Hall–Kier alpha value is -3.68. The van der Waals surface area contributed by atoms with Gasteiger partial charge in [0.1, 0.15) is 0 Å². The minimum Gasteiger partial charge on any atom is -0.454 e. The molecule has 3 amide bonds. The van der Waals surface area contributed by atoms with Gasteiger partial charge in [0.2, 0.25) is 5.91 Å². The first-order valence-corrected chi connectivity index (χ1v) is 8.61. The van der Waals surface area contributed by atoms with Crippen LogP contribution in [-0.4, -0.2) is 30.3 Å². The Bertz CT molecular complexity index is 860. The zero-order chi connectivity index (χ0) is 20.5. The number of ketones is 1. The summed E-state index contributed by atoms with van der Waals surface area (Å²) in [5.74, 6) is -1.11. The maximum absolute atomic E-state index is 12.2. The molecule has 28 heavy (non-hydrogen) atoms. The van der Waals surface area contributed by atoms with Crippen LogP contribution in [0.1, 0.15) is 39.6 Å². The van der Waals surface area contributed by atoms with Crippen molar-refractivity contribution in [2.75, 3.05) is 11.9 Å². The maximum atomic E-state index is 12.2. The van der Waals surface area contributed by atoms with Crippen LogP contribution in [0, 0.1) is 0 Å². The highest BCUT2D eigenvalue weighted by molar-refractivity contribution is 6.00. The molecule has 0 unspecified atom stereocenters. The molecule has 2 aromatic carbocycles. The van der Waals surface area contributed by atoms with Crippen LogP contribution in [0.25, 0.3) is 0 Å². The summed E-state index contributed by atoms with van der Waals surface area (Å²) in [6.07, 6.45) is 0.360. The lowest BCUT2D eigenvalue weighted by atomic mass is 10.1. The minimum atomic E-state index is -0.636. The van der Waals surface area contributed by atoms with E-state index in [2.05, 4.69) is 10.6 Å². The number of nitrogens with one attached hydrogen (secondary N) is 2. The number of nitrogens with two attached hydrogens (primary N) is 1. The van der Waals surface area contributed by atoms with E-state index in [0.717, 1.165) is 5.56 Å². The van der Waals surface area contributed by atoms with Gasteiger partial charge < -0.3 is 21.1 Å². The third-order valence-corrected chi connectivity index (χ3v) is 3.80. The number of urea groups is 1. The second-order valence-electron chi connectivity index (χ2n) is 5.89. The molecule has 0 bridgehead atoms. The van der Waals surface area contributed by atoms with Gasteiger partial charge >= 0.3 is 12.0 Å². The molecule has 8 heteroatoms. The van der Waals surface area contributed by atoms with Gasteiger partial charge in [0, 0.05) is 24.2 Å². The van der Waals surface area contributed by atoms with E-state index in [9.17, 15) is 19.2 Å². The highest BCUT2D eigenvalue weighted by Gasteiger charge is 2.12. The first-order chi connectivity index (χ1) is 13.4. The standard InChI is InChI=1S/C20H21N3O5/c1-2-18(25)23-16-9-7-14(8-10-16)17(24)12-28-19(26)15-5-3-13(4-6-15)11-22-20(21)27/h3-10H,2,11-12H2,1H3,(H,23,25)(H3,21,22,27). The molecule has 0 aliphatic rings. The Morgan fingerprint density at radius 3 is 2.11 bits per heavy atom. The Kier molecular flexibility index (Phi) is 7.27. The fraction of sp³-hybridized carbons (Fsp3) is 0.200. The number of amides is 3. The van der Waals surface area contributed by atoms with Crippen molar-refractivity contribution in [3.05, 3.63) is 65.2 Å². The molecule has 4 N–H and O–H groups in total. The van der Waals surface area contributed by atoms with Gasteiger partial charge in [0.05, 0.1) is 5.56 Å². The van der Waals surface area contributed by atoms with Gasteiger partial charge in [-0.1, -0.05) is 19.1 Å². The van der Waals surface area contributed by atoms with Crippen molar-refractivity contribution >= 4 is 29.4 Å². The summed E-state index contributed by atoms with van der Waals surface area (Å²) >= 11 is 0. The lowest BCUT2D eigenvalue weighted by Crippen LogP contribution is -2.28. The Labute approximate surface area is 162 Å². The van der Waals surface area contributed by atoms with Crippen LogP contribution in [0.3, 0.4) is 0 Å². The van der Waals surface area contributed by atoms with Gasteiger partial charge in [0.25, 0.3) is 0 Å². The summed E-state index contributed by atoms with van der Waals surface area (Å²) in [6, 6.07) is 12.1. The van der Waals surface area contributed by atoms with E-state index in [1.807, 2.05) is 0 Å². The summed E-state index contributed by atoms with van der Waals surface area (Å²) < 4.78 is 5.05. The number of rotatable bonds is 8. The third kappa shape index (κ3) is 6.24. The smallest absolute Gasteiger partial charge is 0.338 e. The van der Waals surface area contributed by atoms with E-state index < -0.39 is 18.6 Å². The summed E-state index contributed by atoms with van der Waals surface area (Å²) in [5, 5.41) is 5.12. The van der Waals surface area contributed by atoms with E-state index in [-0.39, 0.29) is 23.8 Å². The van der Waals surface area contributed by atoms with Crippen molar-refractivity contribution < 1.29 is 23.9 Å². The number of ether oxygens (including phenoxy) is 1. The van der Waals surface area contributed by atoms with Crippen LogP contribution < -0.4 is 16.4 Å². The van der Waals surface area contributed by atoms with E-state index in [0.29, 0.717) is 17.7 Å². The van der Waals surface area contributed by atoms with E-state index in [1.54, 1.807) is 43.3 Å². The SMILES string of the molecule is CCC(=O)Nc1ccc(C(=O)COC(=O)c2ccc(CNC(N)=O)cc2)cc1. The van der Waals surface area contributed by atoms with Crippen LogP contribution in [0.4, 0.5) is 10.5 Å².